The highest BCUT2D eigenvalue weighted by Crippen LogP contribution is 2.24. The number of nitrogen functional groups attached to an aromatic ring is 1. The van der Waals surface area contributed by atoms with Gasteiger partial charge in [-0.3, -0.25) is 4.68 Å². The summed E-state index contributed by atoms with van der Waals surface area (Å²) in [6.07, 6.45) is 1.73. The van der Waals surface area contributed by atoms with Crippen LogP contribution in [0, 0.1) is 12.8 Å². The molecule has 1 aromatic rings. The van der Waals surface area contributed by atoms with Crippen LogP contribution in [0.1, 0.15) is 25.5 Å². The van der Waals surface area contributed by atoms with Gasteiger partial charge in [-0.2, -0.15) is 5.10 Å². The Hall–Kier alpha value is -1.12. The van der Waals surface area contributed by atoms with E-state index in [0.717, 1.165) is 12.8 Å². The van der Waals surface area contributed by atoms with Crippen LogP contribution in [0.2, 0.25) is 0 Å². The van der Waals surface area contributed by atoms with Gasteiger partial charge in [-0.05, 0) is 32.6 Å². The number of nitrogens with zero attached hydrogens (tertiary/aromatic N) is 2. The Bertz CT molecular complexity index is 576. The van der Waals surface area contributed by atoms with Crippen molar-refractivity contribution in [3.63, 3.8) is 0 Å². The molecule has 20 heavy (non-hydrogen) atoms. The SMILES string of the molecule is Cc1c(S(=O)(=O)NC(C)C2CCOCC2)c(N)nn1C. The molecule has 1 unspecified atom stereocenters. The highest BCUT2D eigenvalue weighted by molar-refractivity contribution is 7.89. The summed E-state index contributed by atoms with van der Waals surface area (Å²) in [5, 5.41) is 3.95. The average Bonchev–Trinajstić information content (AvgIpc) is 2.64. The first-order valence-electron chi connectivity index (χ1n) is 6.72. The van der Waals surface area contributed by atoms with Crippen molar-refractivity contribution in [2.45, 2.75) is 37.6 Å². The third-order valence-corrected chi connectivity index (χ3v) is 5.61. The van der Waals surface area contributed by atoms with Crippen LogP contribution in [0.3, 0.4) is 0 Å². The van der Waals surface area contributed by atoms with Crippen LogP contribution in [0.25, 0.3) is 0 Å². The maximum absolute atomic E-state index is 12.5. The molecule has 7 nitrogen and oxygen atoms in total. The topological polar surface area (TPSA) is 99.2 Å². The first-order chi connectivity index (χ1) is 9.33. The number of aromatic nitrogens is 2. The van der Waals surface area contributed by atoms with Crippen LogP contribution in [-0.4, -0.2) is 37.5 Å². The fourth-order valence-corrected chi connectivity index (χ4v) is 4.20. The van der Waals surface area contributed by atoms with Gasteiger partial charge < -0.3 is 10.5 Å². The van der Waals surface area contributed by atoms with Crippen LogP contribution in [0.5, 0.6) is 0 Å². The molecule has 0 radical (unpaired) electrons. The number of rotatable bonds is 4. The molecule has 0 aromatic carbocycles. The molecule has 1 atom stereocenters. The summed E-state index contributed by atoms with van der Waals surface area (Å²) in [4.78, 5) is 0.0823. The van der Waals surface area contributed by atoms with Crippen LogP contribution in [0.4, 0.5) is 5.82 Å². The van der Waals surface area contributed by atoms with E-state index in [2.05, 4.69) is 9.82 Å². The van der Waals surface area contributed by atoms with Gasteiger partial charge in [-0.1, -0.05) is 0 Å². The van der Waals surface area contributed by atoms with Crippen molar-refractivity contribution < 1.29 is 13.2 Å². The number of anilines is 1. The smallest absolute Gasteiger partial charge is 0.246 e. The fourth-order valence-electron chi connectivity index (χ4n) is 2.56. The zero-order chi connectivity index (χ0) is 14.9. The predicted molar refractivity (Wildman–Crippen MR) is 75.7 cm³/mol. The van der Waals surface area contributed by atoms with Gasteiger partial charge in [0.25, 0.3) is 0 Å². The minimum absolute atomic E-state index is 0.0386. The molecule has 114 valence electrons. The number of aryl methyl sites for hydroxylation is 1. The molecule has 3 N–H and O–H groups in total. The lowest BCUT2D eigenvalue weighted by atomic mass is 9.94. The third kappa shape index (κ3) is 2.97. The maximum atomic E-state index is 12.5. The number of sulfonamides is 1. The van der Waals surface area contributed by atoms with E-state index in [9.17, 15) is 8.42 Å². The van der Waals surface area contributed by atoms with Crippen molar-refractivity contribution in [1.82, 2.24) is 14.5 Å². The van der Waals surface area contributed by atoms with Gasteiger partial charge in [0.15, 0.2) is 5.82 Å². The normalized spacial score (nSPS) is 19.1. The molecule has 0 amide bonds. The van der Waals surface area contributed by atoms with E-state index in [0.29, 0.717) is 18.9 Å². The summed E-state index contributed by atoms with van der Waals surface area (Å²) < 4.78 is 34.4. The largest absolute Gasteiger partial charge is 0.381 e. The average molecular weight is 302 g/mol. The second kappa shape index (κ2) is 5.71. The van der Waals surface area contributed by atoms with Gasteiger partial charge in [-0.25, -0.2) is 13.1 Å². The number of ether oxygens (including phenoxy) is 1. The third-order valence-electron chi connectivity index (χ3n) is 3.89. The first-order valence-corrected chi connectivity index (χ1v) is 8.20. The van der Waals surface area contributed by atoms with Gasteiger partial charge in [0, 0.05) is 26.3 Å². The van der Waals surface area contributed by atoms with Crippen LogP contribution in [0.15, 0.2) is 4.90 Å². The number of nitrogens with one attached hydrogen (secondary N) is 1. The maximum Gasteiger partial charge on any atom is 0.246 e. The van der Waals surface area contributed by atoms with Crippen molar-refractivity contribution in [1.29, 1.82) is 0 Å². The van der Waals surface area contributed by atoms with E-state index in [1.807, 2.05) is 6.92 Å². The summed E-state index contributed by atoms with van der Waals surface area (Å²) in [5.74, 6) is 0.327. The molecule has 1 aromatic heterocycles. The van der Waals surface area contributed by atoms with Crippen molar-refractivity contribution in [3.05, 3.63) is 5.69 Å². The Kier molecular flexibility index (Phi) is 4.36. The van der Waals surface area contributed by atoms with Gasteiger partial charge in [0.05, 0.1) is 5.69 Å². The van der Waals surface area contributed by atoms with Crippen LogP contribution >= 0.6 is 0 Å². The lowest BCUT2D eigenvalue weighted by Gasteiger charge is -2.28. The molecule has 0 bridgehead atoms. The second-order valence-electron chi connectivity index (χ2n) is 5.28. The number of hydrogen-bond acceptors (Lipinski definition) is 5. The molecule has 2 heterocycles. The Balaban J connectivity index is 2.18. The Morgan fingerprint density at radius 3 is 2.55 bits per heavy atom. The first kappa shape index (κ1) is 15.3. The molecule has 1 fully saturated rings. The van der Waals surface area contributed by atoms with E-state index in [4.69, 9.17) is 10.5 Å². The van der Waals surface area contributed by atoms with E-state index < -0.39 is 10.0 Å². The molecular formula is C12H22N4O3S. The summed E-state index contributed by atoms with van der Waals surface area (Å²) in [6, 6.07) is -0.150. The molecule has 8 heteroatoms. The van der Waals surface area contributed by atoms with Gasteiger partial charge in [0.2, 0.25) is 10.0 Å². The fraction of sp³-hybridized carbons (Fsp3) is 0.750. The molecule has 1 aliphatic rings. The van der Waals surface area contributed by atoms with Crippen molar-refractivity contribution in [3.8, 4) is 0 Å². The van der Waals surface area contributed by atoms with Gasteiger partial charge in [0.1, 0.15) is 4.90 Å². The lowest BCUT2D eigenvalue weighted by Crippen LogP contribution is -2.40. The Morgan fingerprint density at radius 1 is 1.45 bits per heavy atom. The van der Waals surface area contributed by atoms with Gasteiger partial charge in [-0.15, -0.1) is 0 Å². The van der Waals surface area contributed by atoms with Gasteiger partial charge >= 0.3 is 0 Å². The summed E-state index contributed by atoms with van der Waals surface area (Å²) in [6.45, 7) is 4.95. The highest BCUT2D eigenvalue weighted by atomic mass is 32.2. The molecule has 0 aliphatic carbocycles. The standard InChI is InChI=1S/C12H22N4O3S/c1-8(10-4-6-19-7-5-10)15-20(17,18)11-9(2)16(3)14-12(11)13/h8,10,15H,4-7H2,1-3H3,(H2,13,14). The summed E-state index contributed by atoms with van der Waals surface area (Å²) >= 11 is 0. The minimum Gasteiger partial charge on any atom is -0.381 e. The molecule has 0 saturated carbocycles. The predicted octanol–water partition coefficient (Wildman–Crippen LogP) is 0.404. The minimum atomic E-state index is -3.65. The van der Waals surface area contributed by atoms with Crippen molar-refractivity contribution in [2.24, 2.45) is 13.0 Å². The van der Waals surface area contributed by atoms with E-state index >= 15 is 0 Å². The van der Waals surface area contributed by atoms with E-state index in [1.165, 1.54) is 4.68 Å². The molecule has 0 spiro atoms. The Labute approximate surface area is 119 Å². The summed E-state index contributed by atoms with van der Waals surface area (Å²) in [5.41, 5.74) is 6.25. The monoisotopic (exact) mass is 302 g/mol. The van der Waals surface area contributed by atoms with Crippen molar-refractivity contribution in [2.75, 3.05) is 18.9 Å². The zero-order valence-electron chi connectivity index (χ0n) is 12.1. The van der Waals surface area contributed by atoms with E-state index in [-0.39, 0.29) is 22.7 Å². The van der Waals surface area contributed by atoms with Crippen LogP contribution in [-0.2, 0) is 21.8 Å². The molecule has 1 aliphatic heterocycles. The number of nitrogens with two attached hydrogens (primary N) is 1. The van der Waals surface area contributed by atoms with Crippen molar-refractivity contribution >= 4 is 15.8 Å². The quantitative estimate of drug-likeness (QED) is 0.839. The molecule has 2 rings (SSSR count). The number of hydrogen-bond donors (Lipinski definition) is 2. The zero-order valence-corrected chi connectivity index (χ0v) is 12.9. The summed E-state index contributed by atoms with van der Waals surface area (Å²) in [7, 11) is -1.98. The van der Waals surface area contributed by atoms with E-state index in [1.54, 1.807) is 14.0 Å². The second-order valence-corrected chi connectivity index (χ2v) is 6.93. The Morgan fingerprint density at radius 2 is 2.05 bits per heavy atom. The highest BCUT2D eigenvalue weighted by Gasteiger charge is 2.29. The molecular weight excluding hydrogens is 280 g/mol. The molecule has 1 saturated heterocycles. The van der Waals surface area contributed by atoms with Crippen LogP contribution < -0.4 is 10.5 Å². The lowest BCUT2D eigenvalue weighted by molar-refractivity contribution is 0.0585.